The Hall–Kier alpha value is -1.48. The average Bonchev–Trinajstić information content (AvgIpc) is 2.84. The van der Waals surface area contributed by atoms with Gasteiger partial charge < -0.3 is 14.6 Å². The molecule has 1 atom stereocenters. The van der Waals surface area contributed by atoms with E-state index < -0.39 is 27.1 Å². The maximum Gasteiger partial charge on any atom is 0.323 e. The minimum atomic E-state index is -3.39. The third-order valence-electron chi connectivity index (χ3n) is 3.19. The lowest BCUT2D eigenvalue weighted by Crippen LogP contribution is -2.50. The molecule has 1 aliphatic heterocycles. The molecule has 0 spiro atoms. The highest BCUT2D eigenvalue weighted by atomic mass is 32.2. The topological polar surface area (TPSA) is 96.7 Å². The van der Waals surface area contributed by atoms with Crippen LogP contribution in [-0.4, -0.2) is 64.5 Å². The molecule has 0 saturated carbocycles. The van der Waals surface area contributed by atoms with Crippen molar-refractivity contribution in [3.63, 3.8) is 0 Å². The highest BCUT2D eigenvalue weighted by molar-refractivity contribution is 8.00. The van der Waals surface area contributed by atoms with E-state index in [1.54, 1.807) is 6.07 Å². The van der Waals surface area contributed by atoms with E-state index in [1.165, 1.54) is 33.5 Å². The maximum absolute atomic E-state index is 12.6. The van der Waals surface area contributed by atoms with Crippen molar-refractivity contribution in [2.75, 3.05) is 24.3 Å². The molecule has 0 aromatic carbocycles. The molecule has 1 saturated heterocycles. The molecule has 0 radical (unpaired) electrons. The fourth-order valence-corrected chi connectivity index (χ4v) is 5.02. The van der Waals surface area contributed by atoms with Crippen LogP contribution < -0.4 is 0 Å². The van der Waals surface area contributed by atoms with Crippen molar-refractivity contribution in [3.05, 3.63) is 24.0 Å². The van der Waals surface area contributed by atoms with Crippen molar-refractivity contribution in [1.82, 2.24) is 9.47 Å². The minimum Gasteiger partial charge on any atom is -0.480 e. The van der Waals surface area contributed by atoms with Crippen molar-refractivity contribution in [2.24, 2.45) is 0 Å². The number of thioether (sulfide) groups is 1. The van der Waals surface area contributed by atoms with Crippen LogP contribution in [0.15, 0.2) is 18.3 Å². The summed E-state index contributed by atoms with van der Waals surface area (Å²) in [6.45, 7) is -0.000304. The Balaban J connectivity index is 2.30. The number of rotatable bonds is 4. The summed E-state index contributed by atoms with van der Waals surface area (Å²) in [5.74, 6) is -0.507. The van der Waals surface area contributed by atoms with Crippen LogP contribution in [0.1, 0.15) is 10.5 Å². The van der Waals surface area contributed by atoms with E-state index in [0.717, 1.165) is 6.26 Å². The lowest BCUT2D eigenvalue weighted by atomic mass is 10.3. The predicted molar refractivity (Wildman–Crippen MR) is 79.1 cm³/mol. The quantitative estimate of drug-likeness (QED) is 0.842. The number of carbonyl (C=O) groups is 2. The van der Waals surface area contributed by atoms with Crippen molar-refractivity contribution in [2.45, 2.75) is 11.9 Å². The molecule has 1 unspecified atom stereocenters. The van der Waals surface area contributed by atoms with E-state index in [0.29, 0.717) is 18.1 Å². The van der Waals surface area contributed by atoms with E-state index in [4.69, 9.17) is 5.11 Å². The van der Waals surface area contributed by atoms with Crippen LogP contribution in [0.2, 0.25) is 0 Å². The van der Waals surface area contributed by atoms with Gasteiger partial charge in [-0.15, -0.1) is 0 Å². The molecule has 0 bridgehead atoms. The average molecular weight is 332 g/mol. The molecule has 1 amide bonds. The Labute approximate surface area is 126 Å². The van der Waals surface area contributed by atoms with Crippen molar-refractivity contribution < 1.29 is 23.1 Å². The first-order valence-electron chi connectivity index (χ1n) is 6.25. The summed E-state index contributed by atoms with van der Waals surface area (Å²) in [6, 6.07) is 3.08. The van der Waals surface area contributed by atoms with Gasteiger partial charge in [0.05, 0.1) is 0 Å². The summed E-state index contributed by atoms with van der Waals surface area (Å²) in [7, 11) is -3.39. The van der Waals surface area contributed by atoms with Gasteiger partial charge in [-0.2, -0.15) is 11.8 Å². The van der Waals surface area contributed by atoms with E-state index in [1.807, 2.05) is 0 Å². The molecule has 1 N–H and O–H groups in total. The first kappa shape index (κ1) is 15.9. The Kier molecular flexibility index (Phi) is 4.62. The van der Waals surface area contributed by atoms with Gasteiger partial charge in [-0.25, -0.2) is 8.42 Å². The van der Waals surface area contributed by atoms with Crippen LogP contribution in [0.25, 0.3) is 0 Å². The normalized spacial score (nSPS) is 19.5. The lowest BCUT2D eigenvalue weighted by Gasteiger charge is -2.34. The first-order chi connectivity index (χ1) is 9.80. The summed E-state index contributed by atoms with van der Waals surface area (Å²) in [5.41, 5.74) is 0.193. The molecule has 0 aliphatic carbocycles. The number of nitrogens with zero attached hydrogens (tertiary/aromatic N) is 2. The molecule has 7 nitrogen and oxygen atoms in total. The first-order valence-corrected chi connectivity index (χ1v) is 9.36. The number of aliphatic carboxylic acids is 1. The maximum atomic E-state index is 12.6. The summed E-state index contributed by atoms with van der Waals surface area (Å²) >= 11 is 1.49. The molecular weight excluding hydrogens is 316 g/mol. The molecular formula is C12H16N2O5S2. The molecule has 116 valence electrons. The zero-order chi connectivity index (χ0) is 15.6. The lowest BCUT2D eigenvalue weighted by molar-refractivity contribution is -0.137. The number of hydrogen-bond donors (Lipinski definition) is 1. The number of carboxylic acids is 1. The minimum absolute atomic E-state index is 0.193. The van der Waals surface area contributed by atoms with Gasteiger partial charge in [0.2, 0.25) is 0 Å². The third-order valence-corrected chi connectivity index (χ3v) is 5.84. The summed E-state index contributed by atoms with van der Waals surface area (Å²) in [5, 5.41) is 7.97. The van der Waals surface area contributed by atoms with Crippen LogP contribution in [0.3, 0.4) is 0 Å². The van der Waals surface area contributed by atoms with E-state index in [9.17, 15) is 18.0 Å². The molecule has 21 heavy (non-hydrogen) atoms. The summed E-state index contributed by atoms with van der Waals surface area (Å²) in [4.78, 5) is 24.7. The van der Waals surface area contributed by atoms with Gasteiger partial charge in [0.25, 0.3) is 5.91 Å². The van der Waals surface area contributed by atoms with E-state index in [-0.39, 0.29) is 12.2 Å². The number of amides is 1. The number of sulfone groups is 1. The zero-order valence-corrected chi connectivity index (χ0v) is 13.1. The molecule has 2 heterocycles. The molecule has 1 aromatic heterocycles. The number of carbonyl (C=O) groups excluding carboxylic acids is 1. The highest BCUT2D eigenvalue weighted by Gasteiger charge is 2.35. The summed E-state index contributed by atoms with van der Waals surface area (Å²) in [6.07, 6.45) is 2.61. The van der Waals surface area contributed by atoms with Crippen LogP contribution >= 0.6 is 11.8 Å². The van der Waals surface area contributed by atoms with Gasteiger partial charge in [0.15, 0.2) is 9.84 Å². The zero-order valence-electron chi connectivity index (χ0n) is 11.4. The van der Waals surface area contributed by atoms with Gasteiger partial charge >= 0.3 is 5.97 Å². The van der Waals surface area contributed by atoms with Crippen LogP contribution in [0, 0.1) is 0 Å². The number of hydrogen-bond acceptors (Lipinski definition) is 5. The fourth-order valence-electron chi connectivity index (χ4n) is 2.21. The third kappa shape index (κ3) is 3.59. The van der Waals surface area contributed by atoms with Gasteiger partial charge in [-0.1, -0.05) is 0 Å². The number of aromatic nitrogens is 1. The van der Waals surface area contributed by atoms with Crippen LogP contribution in [0.4, 0.5) is 0 Å². The highest BCUT2D eigenvalue weighted by Crippen LogP contribution is 2.22. The van der Waals surface area contributed by atoms with Crippen molar-refractivity contribution in [1.29, 1.82) is 0 Å². The van der Waals surface area contributed by atoms with Gasteiger partial charge in [0, 0.05) is 30.5 Å². The Morgan fingerprint density at radius 3 is 2.81 bits per heavy atom. The second-order valence-electron chi connectivity index (χ2n) is 4.77. The van der Waals surface area contributed by atoms with Gasteiger partial charge in [-0.05, 0) is 12.1 Å². The van der Waals surface area contributed by atoms with Crippen molar-refractivity contribution in [3.8, 4) is 0 Å². The molecule has 1 fully saturated rings. The fraction of sp³-hybridized carbons (Fsp3) is 0.500. The molecule has 9 heteroatoms. The Morgan fingerprint density at radius 2 is 2.19 bits per heavy atom. The monoisotopic (exact) mass is 332 g/mol. The Morgan fingerprint density at radius 1 is 1.48 bits per heavy atom. The van der Waals surface area contributed by atoms with Crippen molar-refractivity contribution >= 4 is 33.5 Å². The Bertz CT molecular complexity index is 652. The van der Waals surface area contributed by atoms with E-state index in [2.05, 4.69) is 0 Å². The SMILES string of the molecule is CS(=O)(=O)C1CSCCN1C(=O)c1cccn1CC(=O)O. The molecule has 1 aromatic rings. The molecule has 2 rings (SSSR count). The predicted octanol–water partition coefficient (Wildman–Crippen LogP) is 0.132. The van der Waals surface area contributed by atoms with Crippen LogP contribution in [0.5, 0.6) is 0 Å². The van der Waals surface area contributed by atoms with E-state index >= 15 is 0 Å². The standard InChI is InChI=1S/C12H16N2O5S2/c1-21(18,19)10-8-20-6-5-14(10)12(17)9-3-2-4-13(9)7-11(15)16/h2-4,10H,5-8H2,1H3,(H,15,16). The smallest absolute Gasteiger partial charge is 0.323 e. The van der Waals surface area contributed by atoms with Gasteiger partial charge in [0.1, 0.15) is 17.6 Å². The van der Waals surface area contributed by atoms with Crippen LogP contribution in [-0.2, 0) is 21.2 Å². The second-order valence-corrected chi connectivity index (χ2v) is 8.13. The number of carboxylic acid groups (broad SMARTS) is 1. The molecule has 1 aliphatic rings. The largest absolute Gasteiger partial charge is 0.480 e. The second kappa shape index (κ2) is 6.10. The van der Waals surface area contributed by atoms with Gasteiger partial charge in [-0.3, -0.25) is 9.59 Å². The summed E-state index contributed by atoms with van der Waals surface area (Å²) < 4.78 is 25.0.